The molecule has 1 fully saturated rings. The minimum Gasteiger partial charge on any atom is -0.467 e. The molecule has 1 saturated heterocycles. The van der Waals surface area contributed by atoms with E-state index in [1.807, 2.05) is 0 Å². The lowest BCUT2D eigenvalue weighted by Gasteiger charge is -2.23. The molecule has 0 aromatic heterocycles. The molecule has 2 rings (SSSR count). The Bertz CT molecular complexity index is 505. The van der Waals surface area contributed by atoms with Crippen molar-refractivity contribution in [1.82, 2.24) is 0 Å². The molecule has 0 bridgehead atoms. The lowest BCUT2D eigenvalue weighted by molar-refractivity contribution is -0.384. The van der Waals surface area contributed by atoms with Crippen LogP contribution in [0.15, 0.2) is 24.3 Å². The van der Waals surface area contributed by atoms with Crippen LogP contribution in [0.25, 0.3) is 0 Å². The van der Waals surface area contributed by atoms with Crippen LogP contribution in [0, 0.1) is 10.1 Å². The number of aliphatic hydroxyl groups excluding tert-OH is 1. The molecule has 1 aliphatic rings. The third-order valence-electron chi connectivity index (χ3n) is 3.14. The van der Waals surface area contributed by atoms with E-state index in [-0.39, 0.29) is 18.7 Å². The van der Waals surface area contributed by atoms with E-state index in [0.29, 0.717) is 5.69 Å². The Labute approximate surface area is 109 Å². The van der Waals surface area contributed by atoms with E-state index in [1.165, 1.54) is 18.1 Å². The van der Waals surface area contributed by atoms with Gasteiger partial charge in [-0.25, -0.2) is 4.79 Å². The van der Waals surface area contributed by atoms with Crippen LogP contribution >= 0.6 is 0 Å². The zero-order chi connectivity index (χ0) is 14.0. The number of rotatable bonds is 3. The fourth-order valence-electron chi connectivity index (χ4n) is 2.30. The molecule has 7 nitrogen and oxygen atoms in total. The highest BCUT2D eigenvalue weighted by Crippen LogP contribution is 2.33. The number of carbonyl (C=O) groups excluding carboxylic acids is 1. The van der Waals surface area contributed by atoms with Gasteiger partial charge in [-0.3, -0.25) is 10.1 Å². The molecule has 0 aliphatic carbocycles. The largest absolute Gasteiger partial charge is 0.467 e. The van der Waals surface area contributed by atoms with Crippen molar-refractivity contribution in [2.45, 2.75) is 18.6 Å². The van der Waals surface area contributed by atoms with E-state index in [2.05, 4.69) is 4.74 Å². The molecular formula is C12H14N2O5. The molecule has 1 aromatic rings. The van der Waals surface area contributed by atoms with Crippen LogP contribution in [-0.4, -0.2) is 41.8 Å². The number of aliphatic hydroxyl groups is 1. The van der Waals surface area contributed by atoms with Gasteiger partial charge in [0.05, 0.1) is 18.1 Å². The molecule has 7 heteroatoms. The Morgan fingerprint density at radius 3 is 2.84 bits per heavy atom. The Hall–Kier alpha value is -2.15. The topological polar surface area (TPSA) is 92.9 Å². The van der Waals surface area contributed by atoms with Crippen molar-refractivity contribution in [3.63, 3.8) is 0 Å². The quantitative estimate of drug-likeness (QED) is 0.492. The highest BCUT2D eigenvalue weighted by molar-refractivity contribution is 5.82. The van der Waals surface area contributed by atoms with Crippen molar-refractivity contribution >= 4 is 17.3 Å². The summed E-state index contributed by atoms with van der Waals surface area (Å²) in [5, 5.41) is 20.7. The Morgan fingerprint density at radius 2 is 2.21 bits per heavy atom. The Kier molecular flexibility index (Phi) is 3.66. The van der Waals surface area contributed by atoms with Gasteiger partial charge in [-0.15, -0.1) is 0 Å². The summed E-state index contributed by atoms with van der Waals surface area (Å²) in [5.74, 6) is -0.505. The number of benzene rings is 1. The number of hydrogen-bond donors (Lipinski definition) is 1. The van der Waals surface area contributed by atoms with Gasteiger partial charge in [-0.05, 0) is 6.07 Å². The van der Waals surface area contributed by atoms with Gasteiger partial charge in [0.1, 0.15) is 11.7 Å². The number of esters is 1. The van der Waals surface area contributed by atoms with E-state index in [4.69, 9.17) is 0 Å². The summed E-state index contributed by atoms with van der Waals surface area (Å²) >= 11 is 0. The van der Waals surface area contributed by atoms with Gasteiger partial charge >= 0.3 is 5.97 Å². The highest BCUT2D eigenvalue weighted by Gasteiger charge is 2.39. The number of hydrogen-bond acceptors (Lipinski definition) is 6. The summed E-state index contributed by atoms with van der Waals surface area (Å²) in [6, 6.07) is 5.45. The number of ether oxygens (including phenoxy) is 1. The zero-order valence-electron chi connectivity index (χ0n) is 10.4. The fraction of sp³-hybridized carbons (Fsp3) is 0.417. The van der Waals surface area contributed by atoms with Crippen molar-refractivity contribution < 1.29 is 19.6 Å². The maximum atomic E-state index is 11.7. The van der Waals surface area contributed by atoms with Crippen LogP contribution in [0.4, 0.5) is 11.4 Å². The third kappa shape index (κ3) is 2.50. The number of β-amino-alcohol motifs (C(OH)–C–C–N with tert-alkyl or cyclic N) is 1. The fourth-order valence-corrected chi connectivity index (χ4v) is 2.30. The van der Waals surface area contributed by atoms with Crippen LogP contribution in [-0.2, 0) is 9.53 Å². The number of para-hydroxylation sites is 2. The first-order valence-corrected chi connectivity index (χ1v) is 5.80. The molecule has 1 N–H and O–H groups in total. The Balaban J connectivity index is 2.39. The second-order valence-electron chi connectivity index (χ2n) is 4.33. The van der Waals surface area contributed by atoms with Gasteiger partial charge in [-0.1, -0.05) is 12.1 Å². The van der Waals surface area contributed by atoms with E-state index in [1.54, 1.807) is 18.2 Å². The molecule has 1 aliphatic heterocycles. The van der Waals surface area contributed by atoms with Gasteiger partial charge in [0.15, 0.2) is 0 Å². The lowest BCUT2D eigenvalue weighted by atomic mass is 10.2. The average molecular weight is 266 g/mol. The van der Waals surface area contributed by atoms with E-state index in [0.717, 1.165) is 0 Å². The van der Waals surface area contributed by atoms with Gasteiger partial charge in [-0.2, -0.15) is 0 Å². The minimum absolute atomic E-state index is 0.0921. The van der Waals surface area contributed by atoms with Crippen molar-refractivity contribution in [2.24, 2.45) is 0 Å². The smallest absolute Gasteiger partial charge is 0.328 e. The van der Waals surface area contributed by atoms with Crippen LogP contribution in [0.1, 0.15) is 6.42 Å². The predicted molar refractivity (Wildman–Crippen MR) is 66.9 cm³/mol. The molecule has 0 amide bonds. The van der Waals surface area contributed by atoms with Gasteiger partial charge in [0.2, 0.25) is 0 Å². The molecule has 0 radical (unpaired) electrons. The van der Waals surface area contributed by atoms with E-state index >= 15 is 0 Å². The minimum atomic E-state index is -0.705. The summed E-state index contributed by atoms with van der Waals surface area (Å²) in [6.45, 7) is 0.171. The second kappa shape index (κ2) is 5.23. The number of nitro benzene ring substituents is 1. The summed E-state index contributed by atoms with van der Waals surface area (Å²) in [6.07, 6.45) is -0.498. The van der Waals surface area contributed by atoms with Crippen molar-refractivity contribution in [1.29, 1.82) is 0 Å². The standard InChI is InChI=1S/C12H14N2O5/c1-19-12(16)11-6-8(15)7-13(11)9-4-2-3-5-10(9)14(17)18/h2-5,8,11,15H,6-7H2,1H3/t8-,11?/m1/s1. The average Bonchev–Trinajstić information content (AvgIpc) is 2.79. The third-order valence-corrected chi connectivity index (χ3v) is 3.14. The molecule has 0 spiro atoms. The van der Waals surface area contributed by atoms with Crippen LogP contribution in [0.2, 0.25) is 0 Å². The van der Waals surface area contributed by atoms with Crippen molar-refractivity contribution in [2.75, 3.05) is 18.6 Å². The molecule has 1 heterocycles. The van der Waals surface area contributed by atoms with E-state index < -0.39 is 23.0 Å². The maximum absolute atomic E-state index is 11.7. The van der Waals surface area contributed by atoms with E-state index in [9.17, 15) is 20.0 Å². The van der Waals surface area contributed by atoms with Gasteiger partial charge in [0.25, 0.3) is 5.69 Å². The Morgan fingerprint density at radius 1 is 1.53 bits per heavy atom. The monoisotopic (exact) mass is 266 g/mol. The zero-order valence-corrected chi connectivity index (χ0v) is 10.4. The lowest BCUT2D eigenvalue weighted by Crippen LogP contribution is -2.37. The van der Waals surface area contributed by atoms with Crippen LogP contribution in [0.3, 0.4) is 0 Å². The number of nitrogens with zero attached hydrogens (tertiary/aromatic N) is 2. The van der Waals surface area contributed by atoms with Gasteiger partial charge in [0, 0.05) is 19.0 Å². The number of anilines is 1. The van der Waals surface area contributed by atoms with Crippen molar-refractivity contribution in [3.8, 4) is 0 Å². The van der Waals surface area contributed by atoms with Crippen LogP contribution < -0.4 is 4.90 Å². The molecule has 102 valence electrons. The first kappa shape index (κ1) is 13.3. The highest BCUT2D eigenvalue weighted by atomic mass is 16.6. The number of methoxy groups -OCH3 is 1. The van der Waals surface area contributed by atoms with Crippen LogP contribution in [0.5, 0.6) is 0 Å². The van der Waals surface area contributed by atoms with Gasteiger partial charge < -0.3 is 14.7 Å². The summed E-state index contributed by atoms with van der Waals surface area (Å²) in [5.41, 5.74) is 0.227. The molecule has 19 heavy (non-hydrogen) atoms. The van der Waals surface area contributed by atoms with Crippen molar-refractivity contribution in [3.05, 3.63) is 34.4 Å². The normalized spacial score (nSPS) is 22.3. The summed E-state index contributed by atoms with van der Waals surface area (Å²) in [4.78, 5) is 23.7. The molecule has 1 unspecified atom stereocenters. The first-order valence-electron chi connectivity index (χ1n) is 5.80. The summed E-state index contributed by atoms with van der Waals surface area (Å²) in [7, 11) is 1.25. The molecule has 0 saturated carbocycles. The second-order valence-corrected chi connectivity index (χ2v) is 4.33. The molecular weight excluding hydrogens is 252 g/mol. The maximum Gasteiger partial charge on any atom is 0.328 e. The number of carbonyl (C=O) groups is 1. The summed E-state index contributed by atoms with van der Waals surface area (Å²) < 4.78 is 4.67. The SMILES string of the molecule is COC(=O)C1C[C@@H](O)CN1c1ccccc1[N+](=O)[O-]. The molecule has 2 atom stereocenters. The predicted octanol–water partition coefficient (Wildman–Crippen LogP) is 0.707. The number of nitro groups is 1. The first-order chi connectivity index (χ1) is 9.04. The molecule has 1 aromatic carbocycles.